The minimum Gasteiger partial charge on any atom is -0.454 e. The van der Waals surface area contributed by atoms with E-state index < -0.39 is 0 Å². The normalized spacial score (nSPS) is 11.3. The number of furan rings is 1. The molecule has 4 rings (SSSR count). The van der Waals surface area contributed by atoms with Crippen molar-refractivity contribution in [3.05, 3.63) is 78.5 Å². The Bertz CT molecular complexity index is 1060. The molecule has 2 heterocycles. The lowest BCUT2D eigenvalue weighted by molar-refractivity contribution is -0.115. The molecule has 1 amide bonds. The first-order chi connectivity index (χ1) is 12.7. The molecule has 0 saturated heterocycles. The molecular weight excluding hydrogens is 326 g/mol. The number of hydrogen-bond acceptors (Lipinski definition) is 3. The van der Waals surface area contributed by atoms with Gasteiger partial charge in [-0.25, -0.2) is 4.68 Å². The Morgan fingerprint density at radius 3 is 2.65 bits per heavy atom. The lowest BCUT2D eigenvalue weighted by Crippen LogP contribution is -2.13. The van der Waals surface area contributed by atoms with E-state index in [4.69, 9.17) is 4.42 Å². The summed E-state index contributed by atoms with van der Waals surface area (Å²) in [5.74, 6) is 0.491. The molecule has 5 nitrogen and oxygen atoms in total. The van der Waals surface area contributed by atoms with Crippen LogP contribution in [0.5, 0.6) is 0 Å². The molecule has 0 saturated carbocycles. The molecule has 0 atom stereocenters. The number of carbonyl (C=O) groups is 1. The second-order valence-corrected chi connectivity index (χ2v) is 5.81. The maximum atomic E-state index is 11.6. The van der Waals surface area contributed by atoms with Gasteiger partial charge in [-0.05, 0) is 30.3 Å². The van der Waals surface area contributed by atoms with Crippen LogP contribution in [0.1, 0.15) is 5.56 Å². The van der Waals surface area contributed by atoms with Gasteiger partial charge in [-0.1, -0.05) is 36.4 Å². The summed E-state index contributed by atoms with van der Waals surface area (Å²) in [5, 5.41) is 8.28. The molecule has 2 aromatic heterocycles. The average Bonchev–Trinajstić information content (AvgIpc) is 3.30. The number of aromatic nitrogens is 2. The number of hydrogen-bond donors (Lipinski definition) is 1. The third-order valence-electron chi connectivity index (χ3n) is 4.08. The third kappa shape index (κ3) is 3.02. The number of carbonyl (C=O) groups excluding carboxylic acids is 1. The van der Waals surface area contributed by atoms with Gasteiger partial charge >= 0.3 is 0 Å². The van der Waals surface area contributed by atoms with Gasteiger partial charge in [0.1, 0.15) is 11.3 Å². The fraction of sp³-hybridized carbons (Fsp3) is 0.0476. The van der Waals surface area contributed by atoms with Crippen molar-refractivity contribution < 1.29 is 9.21 Å². The van der Waals surface area contributed by atoms with Gasteiger partial charge in [0.2, 0.25) is 5.91 Å². The first-order valence-electron chi connectivity index (χ1n) is 8.28. The second-order valence-electron chi connectivity index (χ2n) is 5.81. The lowest BCUT2D eigenvalue weighted by Gasteiger charge is -1.98. The standard InChI is InChI=1S/C21H17N3O2/c1-22-20(25)12-11-16-14-24(17-8-3-2-4-9-17)23-21(16)19-13-15-7-5-6-10-18(15)26-19/h2-14H,1H3,(H,22,25)/b12-11-. The number of amides is 1. The molecule has 1 N–H and O–H groups in total. The van der Waals surface area contributed by atoms with Crippen molar-refractivity contribution in [1.82, 2.24) is 15.1 Å². The number of para-hydroxylation sites is 2. The first-order valence-corrected chi connectivity index (χ1v) is 8.28. The van der Waals surface area contributed by atoms with Crippen molar-refractivity contribution in [2.75, 3.05) is 7.05 Å². The Hall–Kier alpha value is -3.60. The summed E-state index contributed by atoms with van der Waals surface area (Å²) in [6.07, 6.45) is 5.11. The summed E-state index contributed by atoms with van der Waals surface area (Å²) < 4.78 is 7.75. The minimum absolute atomic E-state index is 0.173. The predicted molar refractivity (Wildman–Crippen MR) is 102 cm³/mol. The monoisotopic (exact) mass is 343 g/mol. The summed E-state index contributed by atoms with van der Waals surface area (Å²) >= 11 is 0. The van der Waals surface area contributed by atoms with Gasteiger partial charge < -0.3 is 9.73 Å². The number of nitrogens with one attached hydrogen (secondary N) is 1. The number of rotatable bonds is 4. The van der Waals surface area contributed by atoms with E-state index in [1.54, 1.807) is 17.8 Å². The van der Waals surface area contributed by atoms with E-state index in [1.165, 1.54) is 6.08 Å². The Morgan fingerprint density at radius 2 is 1.88 bits per heavy atom. The van der Waals surface area contributed by atoms with Crippen LogP contribution < -0.4 is 5.32 Å². The fourth-order valence-electron chi connectivity index (χ4n) is 2.76. The van der Waals surface area contributed by atoms with Gasteiger partial charge in [0.25, 0.3) is 0 Å². The summed E-state index contributed by atoms with van der Waals surface area (Å²) in [6.45, 7) is 0. The van der Waals surface area contributed by atoms with Crippen LogP contribution in [0.25, 0.3) is 34.2 Å². The molecule has 128 valence electrons. The minimum atomic E-state index is -0.173. The Morgan fingerprint density at radius 1 is 1.12 bits per heavy atom. The van der Waals surface area contributed by atoms with Gasteiger partial charge in [-0.15, -0.1) is 0 Å². The highest BCUT2D eigenvalue weighted by molar-refractivity contribution is 5.93. The van der Waals surface area contributed by atoms with Gasteiger partial charge in [-0.3, -0.25) is 4.79 Å². The molecule has 0 unspecified atom stereocenters. The number of likely N-dealkylation sites (N-methyl/N-ethyl adjacent to an activating group) is 1. The topological polar surface area (TPSA) is 60.1 Å². The van der Waals surface area contributed by atoms with E-state index in [9.17, 15) is 4.79 Å². The highest BCUT2D eigenvalue weighted by Crippen LogP contribution is 2.30. The van der Waals surface area contributed by atoms with Crippen LogP contribution in [0.4, 0.5) is 0 Å². The number of nitrogens with zero attached hydrogens (tertiary/aromatic N) is 2. The van der Waals surface area contributed by atoms with Crippen molar-refractivity contribution in [2.45, 2.75) is 0 Å². The molecule has 5 heteroatoms. The molecule has 0 aliphatic heterocycles. The molecule has 0 spiro atoms. The zero-order valence-corrected chi connectivity index (χ0v) is 14.2. The van der Waals surface area contributed by atoms with Crippen LogP contribution in [0.3, 0.4) is 0 Å². The fourth-order valence-corrected chi connectivity index (χ4v) is 2.76. The smallest absolute Gasteiger partial charge is 0.243 e. The van der Waals surface area contributed by atoms with E-state index in [0.29, 0.717) is 11.5 Å². The summed E-state index contributed by atoms with van der Waals surface area (Å²) in [6, 6.07) is 19.6. The largest absolute Gasteiger partial charge is 0.454 e. The van der Waals surface area contributed by atoms with E-state index in [0.717, 1.165) is 22.2 Å². The Kier molecular flexibility index (Phi) is 4.11. The number of benzene rings is 2. The van der Waals surface area contributed by atoms with Gasteiger partial charge in [-0.2, -0.15) is 5.10 Å². The van der Waals surface area contributed by atoms with E-state index in [2.05, 4.69) is 10.4 Å². The molecule has 0 aliphatic rings. The van der Waals surface area contributed by atoms with Crippen molar-refractivity contribution in [3.8, 4) is 17.1 Å². The van der Waals surface area contributed by atoms with E-state index >= 15 is 0 Å². The zero-order chi connectivity index (χ0) is 17.9. The summed E-state index contributed by atoms with van der Waals surface area (Å²) in [4.78, 5) is 11.6. The van der Waals surface area contributed by atoms with Crippen LogP contribution in [0, 0.1) is 0 Å². The summed E-state index contributed by atoms with van der Waals surface area (Å²) in [5.41, 5.74) is 3.23. The van der Waals surface area contributed by atoms with Crippen molar-refractivity contribution >= 4 is 23.0 Å². The number of fused-ring (bicyclic) bond motifs is 1. The first kappa shape index (κ1) is 15.9. The third-order valence-corrected chi connectivity index (χ3v) is 4.08. The molecular formula is C21H17N3O2. The van der Waals surface area contributed by atoms with Crippen LogP contribution in [-0.2, 0) is 4.79 Å². The summed E-state index contributed by atoms with van der Waals surface area (Å²) in [7, 11) is 1.60. The zero-order valence-electron chi connectivity index (χ0n) is 14.2. The Balaban J connectivity index is 1.84. The van der Waals surface area contributed by atoms with Crippen LogP contribution in [0.2, 0.25) is 0 Å². The SMILES string of the molecule is CNC(=O)/C=C\c1cn(-c2ccccc2)nc1-c1cc2ccccc2o1. The highest BCUT2D eigenvalue weighted by atomic mass is 16.3. The quantitative estimate of drug-likeness (QED) is 0.569. The Labute approximate surface area is 150 Å². The van der Waals surface area contributed by atoms with Crippen LogP contribution in [-0.4, -0.2) is 22.7 Å². The molecule has 0 aliphatic carbocycles. The molecule has 0 fully saturated rings. The predicted octanol–water partition coefficient (Wildman–Crippen LogP) is 4.04. The second kappa shape index (κ2) is 6.72. The van der Waals surface area contributed by atoms with Crippen LogP contribution in [0.15, 0.2) is 77.4 Å². The van der Waals surface area contributed by atoms with Crippen molar-refractivity contribution in [3.63, 3.8) is 0 Å². The molecule has 0 bridgehead atoms. The maximum Gasteiger partial charge on any atom is 0.243 e. The van der Waals surface area contributed by atoms with Crippen molar-refractivity contribution in [1.29, 1.82) is 0 Å². The molecule has 26 heavy (non-hydrogen) atoms. The van der Waals surface area contributed by atoms with E-state index in [1.807, 2.05) is 66.9 Å². The lowest BCUT2D eigenvalue weighted by atomic mass is 10.2. The molecule has 4 aromatic rings. The molecule has 2 aromatic carbocycles. The molecule has 0 radical (unpaired) electrons. The maximum absolute atomic E-state index is 11.6. The highest BCUT2D eigenvalue weighted by Gasteiger charge is 2.15. The van der Waals surface area contributed by atoms with Crippen molar-refractivity contribution in [2.24, 2.45) is 0 Å². The van der Waals surface area contributed by atoms with Crippen LogP contribution >= 0.6 is 0 Å². The van der Waals surface area contributed by atoms with Gasteiger partial charge in [0.05, 0.1) is 5.69 Å². The van der Waals surface area contributed by atoms with Gasteiger partial charge in [0.15, 0.2) is 5.76 Å². The average molecular weight is 343 g/mol. The van der Waals surface area contributed by atoms with E-state index in [-0.39, 0.29) is 5.91 Å². The van der Waals surface area contributed by atoms with Gasteiger partial charge in [0, 0.05) is 30.3 Å².